The van der Waals surface area contributed by atoms with Crippen LogP contribution in [0.25, 0.3) is 0 Å². The van der Waals surface area contributed by atoms with Crippen LogP contribution in [0.15, 0.2) is 24.5 Å². The van der Waals surface area contributed by atoms with Gasteiger partial charge < -0.3 is 21.1 Å². The number of benzene rings is 1. The van der Waals surface area contributed by atoms with Gasteiger partial charge in [0.05, 0.1) is 18.2 Å². The average molecular weight is 517 g/mol. The molecule has 2 aromatic rings. The molecular formula is C23H29F5N6O2. The van der Waals surface area contributed by atoms with Crippen LogP contribution in [0.2, 0.25) is 0 Å². The van der Waals surface area contributed by atoms with Crippen molar-refractivity contribution in [3.8, 4) is 0 Å². The van der Waals surface area contributed by atoms with Gasteiger partial charge in [0.15, 0.2) is 11.6 Å². The zero-order chi connectivity index (χ0) is 26.5. The van der Waals surface area contributed by atoms with Crippen LogP contribution in [0.1, 0.15) is 36.8 Å². The molecule has 13 heteroatoms. The predicted octanol–water partition coefficient (Wildman–Crippen LogP) is 2.91. The van der Waals surface area contributed by atoms with E-state index in [4.69, 9.17) is 5.73 Å². The maximum atomic E-state index is 14.5. The standard InChI is InChI=1S/C16H15F5N4.C7H14N2O2/c1-22-14-13(18)15(24-8-23-14)25(11-4-5-11)7-9-2-3-10(6-12(9)17)16(19,20)21;8-7(11)5-9-3-1-2-6(10)4-9/h2-3,6,8,11H,4-5,7H2,1H3,(H,22,23,24);6,10H,1-5H2,(H2,8,11). The van der Waals surface area contributed by atoms with Gasteiger partial charge >= 0.3 is 6.18 Å². The van der Waals surface area contributed by atoms with Crippen molar-refractivity contribution in [2.45, 2.75) is 50.6 Å². The first-order chi connectivity index (χ1) is 17.0. The molecule has 1 aromatic heterocycles. The molecule has 1 saturated heterocycles. The van der Waals surface area contributed by atoms with Gasteiger partial charge in [0.1, 0.15) is 12.1 Å². The molecule has 0 spiro atoms. The fraction of sp³-hybridized carbons (Fsp3) is 0.522. The number of likely N-dealkylation sites (tertiary alicyclic amines) is 1. The van der Waals surface area contributed by atoms with Crippen molar-refractivity contribution >= 4 is 17.5 Å². The highest BCUT2D eigenvalue weighted by Gasteiger charge is 2.34. The number of alkyl halides is 3. The summed E-state index contributed by atoms with van der Waals surface area (Å²) in [5.41, 5.74) is 3.99. The summed E-state index contributed by atoms with van der Waals surface area (Å²) < 4.78 is 66.5. The van der Waals surface area contributed by atoms with Gasteiger partial charge in [-0.25, -0.2) is 14.4 Å². The Balaban J connectivity index is 0.000000275. The second-order valence-electron chi connectivity index (χ2n) is 8.77. The van der Waals surface area contributed by atoms with Crippen LogP contribution >= 0.6 is 0 Å². The van der Waals surface area contributed by atoms with Crippen LogP contribution < -0.4 is 16.0 Å². The summed E-state index contributed by atoms with van der Waals surface area (Å²) in [6, 6.07) is 2.32. The van der Waals surface area contributed by atoms with Crippen LogP contribution in [-0.2, 0) is 17.5 Å². The van der Waals surface area contributed by atoms with Crippen molar-refractivity contribution in [3.63, 3.8) is 0 Å². The fourth-order valence-corrected chi connectivity index (χ4v) is 3.93. The van der Waals surface area contributed by atoms with E-state index in [1.165, 1.54) is 13.4 Å². The van der Waals surface area contributed by atoms with E-state index in [0.29, 0.717) is 12.6 Å². The Morgan fingerprint density at radius 3 is 2.53 bits per heavy atom. The highest BCUT2D eigenvalue weighted by Crippen LogP contribution is 2.36. The van der Waals surface area contributed by atoms with Gasteiger partial charge in [-0.3, -0.25) is 9.69 Å². The minimum Gasteiger partial charge on any atom is -0.392 e. The Labute approximate surface area is 205 Å². The molecule has 36 heavy (non-hydrogen) atoms. The van der Waals surface area contributed by atoms with E-state index in [2.05, 4.69) is 15.3 Å². The zero-order valence-corrected chi connectivity index (χ0v) is 19.7. The number of aliphatic hydroxyl groups is 1. The first kappa shape index (κ1) is 27.5. The van der Waals surface area contributed by atoms with E-state index in [1.807, 2.05) is 4.90 Å². The normalized spacial score (nSPS) is 18.2. The van der Waals surface area contributed by atoms with Crippen molar-refractivity contribution in [2.24, 2.45) is 5.73 Å². The van der Waals surface area contributed by atoms with Crippen LogP contribution in [0.4, 0.5) is 33.6 Å². The molecule has 1 aliphatic carbocycles. The summed E-state index contributed by atoms with van der Waals surface area (Å²) in [5.74, 6) is -1.98. The topological polar surface area (TPSA) is 108 Å². The molecule has 8 nitrogen and oxygen atoms in total. The van der Waals surface area contributed by atoms with Gasteiger partial charge in [-0.05, 0) is 44.4 Å². The third-order valence-corrected chi connectivity index (χ3v) is 5.85. The first-order valence-electron chi connectivity index (χ1n) is 11.5. The van der Waals surface area contributed by atoms with Crippen LogP contribution in [0, 0.1) is 11.6 Å². The number of carbonyl (C=O) groups excluding carboxylic acids is 1. The molecule has 4 N–H and O–H groups in total. The third kappa shape index (κ3) is 7.47. The van der Waals surface area contributed by atoms with Crippen molar-refractivity contribution in [2.75, 3.05) is 36.9 Å². The van der Waals surface area contributed by atoms with E-state index in [-0.39, 0.29) is 48.3 Å². The van der Waals surface area contributed by atoms with E-state index in [9.17, 15) is 31.9 Å². The summed E-state index contributed by atoms with van der Waals surface area (Å²) in [5, 5.41) is 11.8. The number of nitrogens with two attached hydrogens (primary N) is 1. The number of β-amino-alcohol motifs (C(OH)–C–C–N with tert-alkyl or cyclic N) is 1. The molecular weight excluding hydrogens is 487 g/mol. The van der Waals surface area contributed by atoms with Crippen molar-refractivity contribution in [1.82, 2.24) is 14.9 Å². The van der Waals surface area contributed by atoms with Gasteiger partial charge in [0, 0.05) is 31.7 Å². The lowest BCUT2D eigenvalue weighted by Crippen LogP contribution is -2.42. The van der Waals surface area contributed by atoms with Crippen LogP contribution in [-0.4, -0.2) is 64.7 Å². The predicted molar refractivity (Wildman–Crippen MR) is 123 cm³/mol. The summed E-state index contributed by atoms with van der Waals surface area (Å²) in [6.45, 7) is 1.66. The lowest BCUT2D eigenvalue weighted by Gasteiger charge is -2.28. The number of anilines is 2. The first-order valence-corrected chi connectivity index (χ1v) is 11.5. The Morgan fingerprint density at radius 2 is 1.97 bits per heavy atom. The highest BCUT2D eigenvalue weighted by molar-refractivity contribution is 5.75. The number of aromatic nitrogens is 2. The minimum atomic E-state index is -4.62. The van der Waals surface area contributed by atoms with Gasteiger partial charge in [-0.2, -0.15) is 17.6 Å². The lowest BCUT2D eigenvalue weighted by molar-refractivity contribution is -0.137. The number of halogens is 5. The summed E-state index contributed by atoms with van der Waals surface area (Å²) in [6.07, 6.45) is -0.355. The molecule has 2 heterocycles. The number of aliphatic hydroxyl groups excluding tert-OH is 1. The molecule has 1 atom stereocenters. The summed E-state index contributed by atoms with van der Waals surface area (Å²) >= 11 is 0. The van der Waals surface area contributed by atoms with E-state index in [1.54, 1.807) is 4.90 Å². The fourth-order valence-electron chi connectivity index (χ4n) is 3.93. The second-order valence-corrected chi connectivity index (χ2v) is 8.77. The SMILES string of the molecule is CNc1ncnc(N(Cc2ccc(C(F)(F)F)cc2F)C2CC2)c1F.NC(=O)CN1CCCC(O)C1. The smallest absolute Gasteiger partial charge is 0.392 e. The van der Waals surface area contributed by atoms with Gasteiger partial charge in [0.2, 0.25) is 11.7 Å². The largest absolute Gasteiger partial charge is 0.416 e. The number of nitrogens with one attached hydrogen (secondary N) is 1. The van der Waals surface area contributed by atoms with Crippen molar-refractivity contribution in [3.05, 3.63) is 47.3 Å². The average Bonchev–Trinajstić information content (AvgIpc) is 3.63. The molecule has 4 rings (SSSR count). The van der Waals surface area contributed by atoms with E-state index >= 15 is 0 Å². The minimum absolute atomic E-state index is 0.00106. The quantitative estimate of drug-likeness (QED) is 0.486. The number of carbonyl (C=O) groups is 1. The maximum Gasteiger partial charge on any atom is 0.416 e. The Morgan fingerprint density at radius 1 is 1.25 bits per heavy atom. The molecule has 1 aromatic carbocycles. The van der Waals surface area contributed by atoms with Gasteiger partial charge in [-0.1, -0.05) is 6.07 Å². The number of nitrogens with zero attached hydrogens (tertiary/aromatic N) is 4. The van der Waals surface area contributed by atoms with Crippen molar-refractivity contribution in [1.29, 1.82) is 0 Å². The molecule has 1 unspecified atom stereocenters. The summed E-state index contributed by atoms with van der Waals surface area (Å²) in [4.78, 5) is 21.6. The van der Waals surface area contributed by atoms with Crippen LogP contribution in [0.5, 0.6) is 0 Å². The monoisotopic (exact) mass is 516 g/mol. The second kappa shape index (κ2) is 11.8. The maximum absolute atomic E-state index is 14.5. The molecule has 1 saturated carbocycles. The number of primary amides is 1. The molecule has 2 fully saturated rings. The Bertz CT molecular complexity index is 1050. The summed E-state index contributed by atoms with van der Waals surface area (Å²) in [7, 11) is 1.51. The third-order valence-electron chi connectivity index (χ3n) is 5.85. The van der Waals surface area contributed by atoms with E-state index < -0.39 is 23.4 Å². The number of hydrogen-bond acceptors (Lipinski definition) is 7. The Hall–Kier alpha value is -3.06. The van der Waals surface area contributed by atoms with Gasteiger partial charge in [0.25, 0.3) is 0 Å². The molecule has 0 bridgehead atoms. The molecule has 2 aliphatic rings. The number of piperidine rings is 1. The molecule has 0 radical (unpaired) electrons. The lowest BCUT2D eigenvalue weighted by atomic mass is 10.1. The molecule has 198 valence electrons. The number of amides is 1. The molecule has 1 amide bonds. The van der Waals surface area contributed by atoms with Gasteiger partial charge in [-0.15, -0.1) is 0 Å². The Kier molecular flexibility index (Phi) is 9.01. The van der Waals surface area contributed by atoms with Crippen molar-refractivity contribution < 1.29 is 31.9 Å². The zero-order valence-electron chi connectivity index (χ0n) is 19.7. The number of rotatable bonds is 7. The highest BCUT2D eigenvalue weighted by atomic mass is 19.4. The number of hydrogen-bond donors (Lipinski definition) is 3. The molecule has 1 aliphatic heterocycles. The van der Waals surface area contributed by atoms with E-state index in [0.717, 1.165) is 44.4 Å². The van der Waals surface area contributed by atoms with Crippen LogP contribution in [0.3, 0.4) is 0 Å².